The van der Waals surface area contributed by atoms with Gasteiger partial charge in [0, 0.05) is 6.20 Å². The van der Waals surface area contributed by atoms with Crippen molar-refractivity contribution in [2.24, 2.45) is 0 Å². The van der Waals surface area contributed by atoms with Crippen LogP contribution in [0.25, 0.3) is 0 Å². The van der Waals surface area contributed by atoms with Gasteiger partial charge in [0.05, 0.1) is 23.1 Å². The molecule has 2 aromatic rings. The third kappa shape index (κ3) is 4.11. The lowest BCUT2D eigenvalue weighted by Gasteiger charge is -2.13. The van der Waals surface area contributed by atoms with Crippen molar-refractivity contribution in [2.75, 3.05) is 5.32 Å². The zero-order chi connectivity index (χ0) is 16.8. The van der Waals surface area contributed by atoms with Crippen molar-refractivity contribution in [1.82, 2.24) is 9.97 Å². The minimum atomic E-state index is -1.04. The Hall–Kier alpha value is -3.27. The number of para-hydroxylation sites is 1. The Morgan fingerprint density at radius 2 is 2.00 bits per heavy atom. The Bertz CT molecular complexity index is 766. The van der Waals surface area contributed by atoms with Gasteiger partial charge in [0.25, 0.3) is 5.91 Å². The summed E-state index contributed by atoms with van der Waals surface area (Å²) in [4.78, 5) is 31.8. The molecule has 7 heteroatoms. The molecule has 1 N–H and O–H groups in total. The molecule has 23 heavy (non-hydrogen) atoms. The first kappa shape index (κ1) is 16.1. The smallest absolute Gasteiger partial charge is 0.359 e. The monoisotopic (exact) mass is 310 g/mol. The molecule has 2 rings (SSSR count). The molecule has 0 aliphatic heterocycles. The molecule has 116 valence electrons. The highest BCUT2D eigenvalue weighted by atomic mass is 16.5. The number of aryl methyl sites for hydroxylation is 1. The molecule has 0 bridgehead atoms. The van der Waals surface area contributed by atoms with Crippen LogP contribution in [-0.2, 0) is 9.53 Å². The van der Waals surface area contributed by atoms with Crippen LogP contribution in [-0.4, -0.2) is 27.9 Å². The number of rotatable bonds is 4. The predicted octanol–water partition coefficient (Wildman–Crippen LogP) is 1.84. The number of carbonyl (C=O) groups is 2. The standard InChI is InChI=1S/C16H14N4O3/c1-10-8-19-14(9-18-10)16(22)23-11(2)15(21)20-13-6-4-3-5-12(13)7-17/h3-6,8-9,11H,1-2H3,(H,20,21)/t11-/m0/s1. The van der Waals surface area contributed by atoms with Crippen molar-refractivity contribution >= 4 is 17.6 Å². The summed E-state index contributed by atoms with van der Waals surface area (Å²) >= 11 is 0. The molecule has 1 amide bonds. The number of nitrogens with one attached hydrogen (secondary N) is 1. The number of hydrogen-bond donors (Lipinski definition) is 1. The molecule has 1 aromatic carbocycles. The first-order valence-electron chi connectivity index (χ1n) is 6.81. The zero-order valence-electron chi connectivity index (χ0n) is 12.6. The van der Waals surface area contributed by atoms with Crippen molar-refractivity contribution in [3.8, 4) is 6.07 Å². The summed E-state index contributed by atoms with van der Waals surface area (Å²) in [6, 6.07) is 8.52. The zero-order valence-corrected chi connectivity index (χ0v) is 12.6. The normalized spacial score (nSPS) is 11.2. The van der Waals surface area contributed by atoms with E-state index in [-0.39, 0.29) is 5.69 Å². The molecular formula is C16H14N4O3. The van der Waals surface area contributed by atoms with Crippen LogP contribution in [0.4, 0.5) is 5.69 Å². The number of amides is 1. The minimum absolute atomic E-state index is 0.0210. The molecule has 0 spiro atoms. The fraction of sp³-hybridized carbons (Fsp3) is 0.188. The molecule has 1 heterocycles. The summed E-state index contributed by atoms with van der Waals surface area (Å²) in [6.07, 6.45) is 1.68. The highest BCUT2D eigenvalue weighted by Crippen LogP contribution is 2.14. The number of nitriles is 1. The predicted molar refractivity (Wildman–Crippen MR) is 81.4 cm³/mol. The lowest BCUT2D eigenvalue weighted by atomic mass is 10.2. The second-order valence-electron chi connectivity index (χ2n) is 4.74. The highest BCUT2D eigenvalue weighted by molar-refractivity contribution is 5.97. The van der Waals surface area contributed by atoms with Crippen molar-refractivity contribution in [3.05, 3.63) is 53.6 Å². The van der Waals surface area contributed by atoms with Gasteiger partial charge in [0.15, 0.2) is 11.8 Å². The van der Waals surface area contributed by atoms with Gasteiger partial charge in [0.1, 0.15) is 6.07 Å². The number of hydrogen-bond acceptors (Lipinski definition) is 6. The van der Waals surface area contributed by atoms with E-state index < -0.39 is 18.0 Å². The van der Waals surface area contributed by atoms with Crippen LogP contribution in [0.5, 0.6) is 0 Å². The van der Waals surface area contributed by atoms with Crippen LogP contribution >= 0.6 is 0 Å². The van der Waals surface area contributed by atoms with Crippen LogP contribution < -0.4 is 5.32 Å². The average molecular weight is 310 g/mol. The van der Waals surface area contributed by atoms with Crippen LogP contribution in [0.1, 0.15) is 28.7 Å². The maximum absolute atomic E-state index is 12.1. The van der Waals surface area contributed by atoms with E-state index in [1.807, 2.05) is 6.07 Å². The van der Waals surface area contributed by atoms with E-state index in [9.17, 15) is 9.59 Å². The molecule has 0 radical (unpaired) electrons. The summed E-state index contributed by atoms with van der Waals surface area (Å²) in [7, 11) is 0. The van der Waals surface area contributed by atoms with Gasteiger partial charge in [-0.2, -0.15) is 5.26 Å². The third-order valence-corrected chi connectivity index (χ3v) is 2.95. The Kier molecular flexibility index (Phi) is 5.00. The number of aromatic nitrogens is 2. The number of ether oxygens (including phenoxy) is 1. The first-order chi connectivity index (χ1) is 11.0. The van der Waals surface area contributed by atoms with Crippen LogP contribution in [0.15, 0.2) is 36.7 Å². The number of esters is 1. The van der Waals surface area contributed by atoms with Gasteiger partial charge in [-0.25, -0.2) is 9.78 Å². The van der Waals surface area contributed by atoms with Gasteiger partial charge in [-0.05, 0) is 26.0 Å². The van der Waals surface area contributed by atoms with E-state index in [0.29, 0.717) is 16.9 Å². The summed E-state index contributed by atoms with van der Waals surface area (Å²) < 4.78 is 5.05. The SMILES string of the molecule is Cc1cnc(C(=O)O[C@@H](C)C(=O)Nc2ccccc2C#N)cn1. The number of anilines is 1. The van der Waals surface area contributed by atoms with Gasteiger partial charge in [-0.1, -0.05) is 12.1 Å². The van der Waals surface area contributed by atoms with E-state index in [1.54, 1.807) is 31.2 Å². The minimum Gasteiger partial charge on any atom is -0.448 e. The quantitative estimate of drug-likeness (QED) is 0.864. The van der Waals surface area contributed by atoms with E-state index in [4.69, 9.17) is 10.00 Å². The van der Waals surface area contributed by atoms with Gasteiger partial charge >= 0.3 is 5.97 Å². The number of carbonyl (C=O) groups excluding carboxylic acids is 2. The molecule has 0 aliphatic rings. The molecule has 0 fully saturated rings. The molecule has 0 unspecified atom stereocenters. The summed E-state index contributed by atoms with van der Waals surface area (Å²) in [6.45, 7) is 3.18. The largest absolute Gasteiger partial charge is 0.448 e. The molecule has 0 saturated heterocycles. The summed E-state index contributed by atoms with van der Waals surface area (Å²) in [5.74, 6) is -1.28. The molecule has 0 aliphatic carbocycles. The lowest BCUT2D eigenvalue weighted by molar-refractivity contribution is -0.123. The highest BCUT2D eigenvalue weighted by Gasteiger charge is 2.20. The fourth-order valence-corrected chi connectivity index (χ4v) is 1.70. The Morgan fingerprint density at radius 3 is 2.65 bits per heavy atom. The van der Waals surface area contributed by atoms with Crippen molar-refractivity contribution < 1.29 is 14.3 Å². The molecule has 1 aromatic heterocycles. The summed E-state index contributed by atoms with van der Waals surface area (Å²) in [5, 5.41) is 11.5. The molecule has 0 saturated carbocycles. The Balaban J connectivity index is 2.01. The van der Waals surface area contributed by atoms with E-state index in [1.165, 1.54) is 19.3 Å². The maximum atomic E-state index is 12.1. The van der Waals surface area contributed by atoms with Gasteiger partial charge in [0.2, 0.25) is 0 Å². The topological polar surface area (TPSA) is 105 Å². The van der Waals surface area contributed by atoms with E-state index >= 15 is 0 Å². The second-order valence-corrected chi connectivity index (χ2v) is 4.74. The van der Waals surface area contributed by atoms with Crippen molar-refractivity contribution in [1.29, 1.82) is 5.26 Å². The average Bonchev–Trinajstić information content (AvgIpc) is 2.55. The first-order valence-corrected chi connectivity index (χ1v) is 6.81. The van der Waals surface area contributed by atoms with Crippen LogP contribution in [0, 0.1) is 18.3 Å². The van der Waals surface area contributed by atoms with Crippen molar-refractivity contribution in [3.63, 3.8) is 0 Å². The van der Waals surface area contributed by atoms with Gasteiger partial charge in [-0.15, -0.1) is 0 Å². The van der Waals surface area contributed by atoms with E-state index in [2.05, 4.69) is 15.3 Å². The fourth-order valence-electron chi connectivity index (χ4n) is 1.70. The number of nitrogens with zero attached hydrogens (tertiary/aromatic N) is 3. The van der Waals surface area contributed by atoms with Crippen LogP contribution in [0.2, 0.25) is 0 Å². The van der Waals surface area contributed by atoms with Gasteiger partial charge < -0.3 is 10.1 Å². The number of benzene rings is 1. The maximum Gasteiger partial charge on any atom is 0.359 e. The Labute approximate surface area is 132 Å². The second kappa shape index (κ2) is 7.13. The Morgan fingerprint density at radius 1 is 1.26 bits per heavy atom. The lowest BCUT2D eigenvalue weighted by Crippen LogP contribution is -2.30. The summed E-state index contributed by atoms with van der Waals surface area (Å²) in [5.41, 5.74) is 1.37. The molecular weight excluding hydrogens is 296 g/mol. The molecule has 1 atom stereocenters. The van der Waals surface area contributed by atoms with E-state index in [0.717, 1.165) is 0 Å². The third-order valence-electron chi connectivity index (χ3n) is 2.95. The van der Waals surface area contributed by atoms with Crippen molar-refractivity contribution in [2.45, 2.75) is 20.0 Å². The molecule has 7 nitrogen and oxygen atoms in total. The van der Waals surface area contributed by atoms with Crippen LogP contribution in [0.3, 0.4) is 0 Å². The van der Waals surface area contributed by atoms with Gasteiger partial charge in [-0.3, -0.25) is 9.78 Å².